The van der Waals surface area contributed by atoms with E-state index in [1.54, 1.807) is 0 Å². The zero-order valence-electron chi connectivity index (χ0n) is 12.1. The molecule has 2 rings (SSSR count). The van der Waals surface area contributed by atoms with Crippen LogP contribution >= 0.6 is 0 Å². The molecule has 0 aromatic carbocycles. The standard InChI is InChI=1S/C16H26N2O/c1-18(16(19)14-5-3-2-4-6-14)15-9-7-13(8-10-15)11-12-17/h13-15H,2-11H2,1H3. The average Bonchev–Trinajstić information content (AvgIpc) is 2.48. The Bertz CT molecular complexity index is 333. The molecule has 106 valence electrons. The van der Waals surface area contributed by atoms with E-state index in [1.807, 2.05) is 11.9 Å². The minimum atomic E-state index is 0.288. The molecule has 0 radical (unpaired) electrons. The van der Waals surface area contributed by atoms with Crippen molar-refractivity contribution in [3.63, 3.8) is 0 Å². The summed E-state index contributed by atoms with van der Waals surface area (Å²) >= 11 is 0. The summed E-state index contributed by atoms with van der Waals surface area (Å²) < 4.78 is 0. The molecule has 0 aliphatic heterocycles. The fourth-order valence-electron chi connectivity index (χ4n) is 3.68. The predicted molar refractivity (Wildman–Crippen MR) is 75.3 cm³/mol. The Morgan fingerprint density at radius 1 is 1.11 bits per heavy atom. The van der Waals surface area contributed by atoms with Gasteiger partial charge in [0.1, 0.15) is 0 Å². The first-order valence-corrected chi connectivity index (χ1v) is 7.86. The lowest BCUT2D eigenvalue weighted by molar-refractivity contribution is -0.138. The van der Waals surface area contributed by atoms with Gasteiger partial charge in [-0.05, 0) is 44.4 Å². The zero-order valence-corrected chi connectivity index (χ0v) is 12.1. The average molecular weight is 262 g/mol. The van der Waals surface area contributed by atoms with Crippen molar-refractivity contribution in [2.24, 2.45) is 11.8 Å². The molecule has 0 unspecified atom stereocenters. The van der Waals surface area contributed by atoms with Gasteiger partial charge in [0, 0.05) is 25.4 Å². The van der Waals surface area contributed by atoms with Crippen LogP contribution in [0.1, 0.15) is 64.2 Å². The van der Waals surface area contributed by atoms with E-state index in [1.165, 1.54) is 19.3 Å². The molecule has 0 atom stereocenters. The number of rotatable bonds is 3. The fourth-order valence-corrected chi connectivity index (χ4v) is 3.68. The maximum atomic E-state index is 12.5. The van der Waals surface area contributed by atoms with Crippen LogP contribution in [0.25, 0.3) is 0 Å². The second kappa shape index (κ2) is 6.93. The molecule has 0 spiro atoms. The van der Waals surface area contributed by atoms with E-state index in [0.29, 0.717) is 24.3 Å². The smallest absolute Gasteiger partial charge is 0.225 e. The van der Waals surface area contributed by atoms with E-state index in [-0.39, 0.29) is 5.92 Å². The van der Waals surface area contributed by atoms with Gasteiger partial charge in [0.25, 0.3) is 0 Å². The summed E-state index contributed by atoms with van der Waals surface area (Å²) in [6, 6.07) is 2.70. The topological polar surface area (TPSA) is 44.1 Å². The predicted octanol–water partition coefficient (Wildman–Crippen LogP) is 3.50. The fraction of sp³-hybridized carbons (Fsp3) is 0.875. The van der Waals surface area contributed by atoms with Crippen LogP contribution in [-0.2, 0) is 4.79 Å². The third-order valence-electron chi connectivity index (χ3n) is 5.05. The lowest BCUT2D eigenvalue weighted by Crippen LogP contribution is -2.43. The number of hydrogen-bond donors (Lipinski definition) is 0. The second-order valence-electron chi connectivity index (χ2n) is 6.32. The summed E-state index contributed by atoms with van der Waals surface area (Å²) in [7, 11) is 1.99. The normalized spacial score (nSPS) is 28.6. The third kappa shape index (κ3) is 3.72. The van der Waals surface area contributed by atoms with Gasteiger partial charge >= 0.3 is 0 Å². The van der Waals surface area contributed by atoms with E-state index >= 15 is 0 Å². The third-order valence-corrected chi connectivity index (χ3v) is 5.05. The van der Waals surface area contributed by atoms with E-state index in [9.17, 15) is 4.79 Å². The van der Waals surface area contributed by atoms with Crippen LogP contribution in [0.4, 0.5) is 0 Å². The molecule has 2 saturated carbocycles. The van der Waals surface area contributed by atoms with Gasteiger partial charge in [-0.2, -0.15) is 5.26 Å². The van der Waals surface area contributed by atoms with Crippen LogP contribution in [0.3, 0.4) is 0 Å². The molecule has 2 fully saturated rings. The molecular formula is C16H26N2O. The van der Waals surface area contributed by atoms with E-state index in [2.05, 4.69) is 6.07 Å². The van der Waals surface area contributed by atoms with Crippen molar-refractivity contribution in [3.05, 3.63) is 0 Å². The Balaban J connectivity index is 1.81. The van der Waals surface area contributed by atoms with Crippen LogP contribution in [-0.4, -0.2) is 23.9 Å². The summed E-state index contributed by atoms with van der Waals surface area (Å²) in [5, 5.41) is 8.74. The summed E-state index contributed by atoms with van der Waals surface area (Å²) in [6.07, 6.45) is 11.0. The maximum absolute atomic E-state index is 12.5. The SMILES string of the molecule is CN(C(=O)C1CCCCC1)C1CCC(CC#N)CC1. The van der Waals surface area contributed by atoms with Crippen LogP contribution in [0.2, 0.25) is 0 Å². The largest absolute Gasteiger partial charge is 0.343 e. The molecule has 19 heavy (non-hydrogen) atoms. The Hall–Kier alpha value is -1.04. The van der Waals surface area contributed by atoms with Crippen molar-refractivity contribution < 1.29 is 4.79 Å². The van der Waals surface area contributed by atoms with Crippen LogP contribution in [0.5, 0.6) is 0 Å². The molecular weight excluding hydrogens is 236 g/mol. The molecule has 0 aromatic rings. The lowest BCUT2D eigenvalue weighted by Gasteiger charge is -2.36. The number of hydrogen-bond acceptors (Lipinski definition) is 2. The number of nitriles is 1. The highest BCUT2D eigenvalue weighted by Crippen LogP contribution is 2.31. The molecule has 0 N–H and O–H groups in total. The Morgan fingerprint density at radius 3 is 2.32 bits per heavy atom. The first-order chi connectivity index (χ1) is 9.22. The van der Waals surface area contributed by atoms with Gasteiger partial charge in [0.2, 0.25) is 5.91 Å². The molecule has 2 aliphatic rings. The van der Waals surface area contributed by atoms with Gasteiger partial charge < -0.3 is 4.90 Å². The molecule has 0 heterocycles. The number of carbonyl (C=O) groups excluding carboxylic acids is 1. The van der Waals surface area contributed by atoms with Crippen LogP contribution in [0.15, 0.2) is 0 Å². The van der Waals surface area contributed by atoms with Crippen LogP contribution in [0, 0.1) is 23.2 Å². The van der Waals surface area contributed by atoms with Crippen molar-refractivity contribution in [2.45, 2.75) is 70.3 Å². The Kier molecular flexibility index (Phi) is 5.24. The minimum Gasteiger partial charge on any atom is -0.343 e. The molecule has 0 saturated heterocycles. The Labute approximate surface area is 117 Å². The number of carbonyl (C=O) groups is 1. The first-order valence-electron chi connectivity index (χ1n) is 7.86. The summed E-state index contributed by atoms with van der Waals surface area (Å²) in [4.78, 5) is 14.5. The molecule has 2 aliphatic carbocycles. The summed E-state index contributed by atoms with van der Waals surface area (Å²) in [6.45, 7) is 0. The summed E-state index contributed by atoms with van der Waals surface area (Å²) in [5.74, 6) is 1.23. The Morgan fingerprint density at radius 2 is 1.74 bits per heavy atom. The lowest BCUT2D eigenvalue weighted by atomic mass is 9.83. The van der Waals surface area contributed by atoms with Crippen molar-refractivity contribution in [1.29, 1.82) is 5.26 Å². The van der Waals surface area contributed by atoms with Crippen molar-refractivity contribution in [3.8, 4) is 6.07 Å². The van der Waals surface area contributed by atoms with E-state index in [0.717, 1.165) is 38.5 Å². The number of nitrogens with zero attached hydrogens (tertiary/aromatic N) is 2. The van der Waals surface area contributed by atoms with E-state index < -0.39 is 0 Å². The highest BCUT2D eigenvalue weighted by Gasteiger charge is 2.30. The quantitative estimate of drug-likeness (QED) is 0.781. The minimum absolute atomic E-state index is 0.288. The van der Waals surface area contributed by atoms with Crippen molar-refractivity contribution in [2.75, 3.05) is 7.05 Å². The molecule has 1 amide bonds. The summed E-state index contributed by atoms with van der Waals surface area (Å²) in [5.41, 5.74) is 0. The maximum Gasteiger partial charge on any atom is 0.225 e. The zero-order chi connectivity index (χ0) is 13.7. The van der Waals surface area contributed by atoms with E-state index in [4.69, 9.17) is 5.26 Å². The van der Waals surface area contributed by atoms with Gasteiger partial charge in [0.05, 0.1) is 6.07 Å². The van der Waals surface area contributed by atoms with Crippen LogP contribution < -0.4 is 0 Å². The monoisotopic (exact) mass is 262 g/mol. The molecule has 3 nitrogen and oxygen atoms in total. The first kappa shape index (κ1) is 14.4. The highest BCUT2D eigenvalue weighted by molar-refractivity contribution is 5.79. The van der Waals surface area contributed by atoms with Gasteiger partial charge in [-0.1, -0.05) is 19.3 Å². The molecule has 0 bridgehead atoms. The highest BCUT2D eigenvalue weighted by atomic mass is 16.2. The van der Waals surface area contributed by atoms with Gasteiger partial charge in [-0.15, -0.1) is 0 Å². The van der Waals surface area contributed by atoms with Gasteiger partial charge in [0.15, 0.2) is 0 Å². The molecule has 0 aromatic heterocycles. The molecule has 3 heteroatoms. The van der Waals surface area contributed by atoms with Gasteiger partial charge in [-0.25, -0.2) is 0 Å². The van der Waals surface area contributed by atoms with Crippen molar-refractivity contribution >= 4 is 5.91 Å². The van der Waals surface area contributed by atoms with Crippen molar-refractivity contribution in [1.82, 2.24) is 4.90 Å². The second-order valence-corrected chi connectivity index (χ2v) is 6.32. The number of amides is 1. The van der Waals surface area contributed by atoms with Gasteiger partial charge in [-0.3, -0.25) is 4.79 Å².